The Kier molecular flexibility index (Phi) is 8.11. The van der Waals surface area contributed by atoms with Gasteiger partial charge in [0.05, 0.1) is 11.1 Å². The first-order valence-corrected chi connectivity index (χ1v) is 21.0. The van der Waals surface area contributed by atoms with E-state index in [2.05, 4.69) is 241 Å². The number of ether oxygens (including phenoxy) is 1. The lowest BCUT2D eigenvalue weighted by Crippen LogP contribution is -2.32. The fourth-order valence-electron chi connectivity index (χ4n) is 10.0. The first-order valence-electron chi connectivity index (χ1n) is 21.0. The topological polar surface area (TPSA) is 12.5 Å². The zero-order chi connectivity index (χ0) is 40.3. The van der Waals surface area contributed by atoms with E-state index in [-0.39, 0.29) is 0 Å². The molecule has 0 fully saturated rings. The third kappa shape index (κ3) is 5.50. The maximum Gasteiger partial charge on any atom is 0.140 e. The quantitative estimate of drug-likeness (QED) is 0.167. The first kappa shape index (κ1) is 35.0. The molecule has 1 spiro atoms. The summed E-state index contributed by atoms with van der Waals surface area (Å²) < 4.78 is 6.97. The van der Waals surface area contributed by atoms with Crippen molar-refractivity contribution in [3.05, 3.63) is 259 Å². The Bertz CT molecular complexity index is 3270. The second kappa shape index (κ2) is 14.1. The molecule has 12 rings (SSSR count). The summed E-state index contributed by atoms with van der Waals surface area (Å²) in [6.07, 6.45) is 0. The van der Waals surface area contributed by atoms with E-state index in [0.717, 1.165) is 61.6 Å². The number of fused-ring (bicyclic) bond motifs is 11. The molecule has 2 aliphatic rings. The molecule has 0 N–H and O–H groups in total. The smallest absolute Gasteiger partial charge is 0.140 e. The third-order valence-corrected chi connectivity index (χ3v) is 12.7. The molecule has 2 heteroatoms. The summed E-state index contributed by atoms with van der Waals surface area (Å²) in [7, 11) is 0. The number of benzene rings is 10. The van der Waals surface area contributed by atoms with E-state index in [4.69, 9.17) is 4.74 Å². The van der Waals surface area contributed by atoms with E-state index < -0.39 is 5.41 Å². The molecule has 61 heavy (non-hydrogen) atoms. The maximum absolute atomic E-state index is 6.97. The van der Waals surface area contributed by atoms with Crippen molar-refractivity contribution in [1.82, 2.24) is 0 Å². The number of hydrogen-bond acceptors (Lipinski definition) is 2. The molecule has 0 saturated heterocycles. The molecular weight excluding hydrogens is 739 g/mol. The normalized spacial score (nSPS) is 14.4. The lowest BCUT2D eigenvalue weighted by molar-refractivity contribution is 0.441. The van der Waals surface area contributed by atoms with Crippen molar-refractivity contribution in [2.75, 3.05) is 4.90 Å². The van der Waals surface area contributed by atoms with Gasteiger partial charge in [-0.2, -0.15) is 0 Å². The van der Waals surface area contributed by atoms with E-state index in [1.807, 2.05) is 0 Å². The van der Waals surface area contributed by atoms with Crippen molar-refractivity contribution in [1.29, 1.82) is 0 Å². The molecule has 2 nitrogen and oxygen atoms in total. The van der Waals surface area contributed by atoms with Gasteiger partial charge >= 0.3 is 0 Å². The van der Waals surface area contributed by atoms with Crippen LogP contribution in [0.5, 0.6) is 11.5 Å². The van der Waals surface area contributed by atoms with Crippen LogP contribution in [0.2, 0.25) is 0 Å². The average Bonchev–Trinajstić information content (AvgIpc) is 3.62. The molecule has 0 bridgehead atoms. The van der Waals surface area contributed by atoms with Crippen molar-refractivity contribution in [3.63, 3.8) is 0 Å². The highest BCUT2D eigenvalue weighted by Crippen LogP contribution is 2.63. The Balaban J connectivity index is 1.14. The van der Waals surface area contributed by atoms with Gasteiger partial charge in [0.2, 0.25) is 0 Å². The second-order valence-electron chi connectivity index (χ2n) is 16.0. The van der Waals surface area contributed by atoms with Crippen molar-refractivity contribution in [2.24, 2.45) is 0 Å². The number of para-hydroxylation sites is 1. The Morgan fingerprint density at radius 3 is 1.67 bits per heavy atom. The molecular formula is C59H39NO. The maximum atomic E-state index is 6.97. The first-order chi connectivity index (χ1) is 30.3. The molecule has 0 radical (unpaired) electrons. The molecule has 1 aliphatic heterocycles. The zero-order valence-electron chi connectivity index (χ0n) is 33.4. The second-order valence-corrected chi connectivity index (χ2v) is 16.0. The van der Waals surface area contributed by atoms with Gasteiger partial charge in [-0.05, 0) is 97.9 Å². The van der Waals surface area contributed by atoms with Crippen LogP contribution in [0.3, 0.4) is 0 Å². The number of nitrogens with zero attached hydrogens (tertiary/aromatic N) is 1. The fourth-order valence-corrected chi connectivity index (χ4v) is 10.0. The number of anilines is 3. The highest BCUT2D eigenvalue weighted by Gasteiger charge is 2.51. The van der Waals surface area contributed by atoms with Gasteiger partial charge < -0.3 is 9.64 Å². The van der Waals surface area contributed by atoms with Crippen molar-refractivity contribution in [3.8, 4) is 56.0 Å². The summed E-state index contributed by atoms with van der Waals surface area (Å²) in [6.45, 7) is 0. The number of rotatable bonds is 6. The Labute approximate surface area is 356 Å². The Morgan fingerprint density at radius 2 is 0.902 bits per heavy atom. The van der Waals surface area contributed by atoms with E-state index in [1.54, 1.807) is 0 Å². The summed E-state index contributed by atoms with van der Waals surface area (Å²) >= 11 is 0. The largest absolute Gasteiger partial charge is 0.456 e. The summed E-state index contributed by atoms with van der Waals surface area (Å²) in [5.74, 6) is 1.80. The summed E-state index contributed by atoms with van der Waals surface area (Å²) in [6, 6.07) is 85.9. The van der Waals surface area contributed by atoms with Crippen LogP contribution < -0.4 is 9.64 Å². The lowest BCUT2D eigenvalue weighted by atomic mass is 9.65. The Hall–Kier alpha value is -7.94. The predicted octanol–water partition coefficient (Wildman–Crippen LogP) is 15.8. The molecule has 1 unspecified atom stereocenters. The summed E-state index contributed by atoms with van der Waals surface area (Å²) in [5, 5.41) is 2.27. The highest BCUT2D eigenvalue weighted by molar-refractivity contribution is 5.98. The van der Waals surface area contributed by atoms with E-state index in [9.17, 15) is 0 Å². The van der Waals surface area contributed by atoms with Gasteiger partial charge in [-0.3, -0.25) is 0 Å². The molecule has 0 amide bonds. The third-order valence-electron chi connectivity index (χ3n) is 12.7. The van der Waals surface area contributed by atoms with Crippen molar-refractivity contribution < 1.29 is 4.74 Å². The van der Waals surface area contributed by atoms with Crippen molar-refractivity contribution >= 4 is 27.8 Å². The van der Waals surface area contributed by atoms with Gasteiger partial charge in [0.15, 0.2) is 0 Å². The van der Waals surface area contributed by atoms with Crippen LogP contribution in [0.15, 0.2) is 237 Å². The lowest BCUT2D eigenvalue weighted by Gasteiger charge is -2.40. The predicted molar refractivity (Wildman–Crippen MR) is 252 cm³/mol. The highest BCUT2D eigenvalue weighted by atomic mass is 16.5. The SMILES string of the molecule is c1ccc(-c2ccc(N(c3ccc4c(c3)C3(c5ccccc5Oc5c3ccc3ccccc53)c3ccccc3-4)c3ccc(-c4ccccc4)cc3-c3ccccc3)cc2)cc1. The molecule has 10 aromatic rings. The standard InChI is InChI=1S/C59H39NO/c1-4-16-40(17-5-1)42-28-32-46(33-29-42)60(56-37-31-45(41-18-6-2-7-19-41)38-51(56)43-20-8-3-9-21-43)47-34-35-50-49-24-12-13-25-52(49)59(55(50)39-47)53-26-14-15-27-57(53)61-58-48-23-11-10-22-44(48)30-36-54(58)59/h1-39H. The van der Waals surface area contributed by atoms with Gasteiger partial charge in [0, 0.05) is 33.5 Å². The minimum absolute atomic E-state index is 0.627. The molecule has 0 saturated carbocycles. The van der Waals surface area contributed by atoms with E-state index in [1.165, 1.54) is 44.5 Å². The van der Waals surface area contributed by atoms with Gasteiger partial charge in [-0.25, -0.2) is 0 Å². The molecule has 1 heterocycles. The van der Waals surface area contributed by atoms with Crippen LogP contribution in [-0.4, -0.2) is 0 Å². The monoisotopic (exact) mass is 777 g/mol. The van der Waals surface area contributed by atoms with Crippen LogP contribution in [0.4, 0.5) is 17.1 Å². The van der Waals surface area contributed by atoms with Gasteiger partial charge in [0.1, 0.15) is 11.5 Å². The summed E-state index contributed by atoms with van der Waals surface area (Å²) in [4.78, 5) is 2.45. The van der Waals surface area contributed by atoms with E-state index in [0.29, 0.717) is 0 Å². The molecule has 1 atom stereocenters. The molecule has 1 aliphatic carbocycles. The van der Waals surface area contributed by atoms with Crippen LogP contribution in [0.1, 0.15) is 22.3 Å². The molecule has 286 valence electrons. The minimum atomic E-state index is -0.627. The Morgan fingerprint density at radius 1 is 0.328 bits per heavy atom. The average molecular weight is 778 g/mol. The number of hydrogen-bond donors (Lipinski definition) is 0. The van der Waals surface area contributed by atoms with Crippen molar-refractivity contribution in [2.45, 2.75) is 5.41 Å². The van der Waals surface area contributed by atoms with E-state index >= 15 is 0 Å². The van der Waals surface area contributed by atoms with Gasteiger partial charge in [0.25, 0.3) is 0 Å². The van der Waals surface area contributed by atoms with Crippen LogP contribution >= 0.6 is 0 Å². The molecule has 0 aromatic heterocycles. The zero-order valence-corrected chi connectivity index (χ0v) is 33.4. The van der Waals surface area contributed by atoms with Crippen LogP contribution in [-0.2, 0) is 5.41 Å². The molecule has 10 aromatic carbocycles. The van der Waals surface area contributed by atoms with Gasteiger partial charge in [-0.1, -0.05) is 194 Å². The fraction of sp³-hybridized carbons (Fsp3) is 0.0169. The minimum Gasteiger partial charge on any atom is -0.456 e. The van der Waals surface area contributed by atoms with Crippen LogP contribution in [0, 0.1) is 0 Å². The van der Waals surface area contributed by atoms with Gasteiger partial charge in [-0.15, -0.1) is 0 Å². The summed E-state index contributed by atoms with van der Waals surface area (Å²) in [5.41, 5.74) is 17.0. The van der Waals surface area contributed by atoms with Crippen LogP contribution in [0.25, 0.3) is 55.3 Å².